The van der Waals surface area contributed by atoms with Gasteiger partial charge in [0.05, 0.1) is 5.25 Å². The van der Waals surface area contributed by atoms with Gasteiger partial charge in [0.25, 0.3) is 0 Å². The maximum atomic E-state index is 12.3. The summed E-state index contributed by atoms with van der Waals surface area (Å²) in [5.74, 6) is 6.79. The summed E-state index contributed by atoms with van der Waals surface area (Å²) in [6, 6.07) is 0. The number of hydrogen-bond donors (Lipinski definition) is 2. The molecule has 0 aromatic carbocycles. The fourth-order valence-electron chi connectivity index (χ4n) is 2.70. The number of carbonyl (C=O) groups excluding carboxylic acids is 1. The van der Waals surface area contributed by atoms with Crippen LogP contribution >= 0.6 is 11.8 Å². The van der Waals surface area contributed by atoms with Crippen molar-refractivity contribution in [1.29, 1.82) is 0 Å². The Bertz CT molecular complexity index is 603. The van der Waals surface area contributed by atoms with Gasteiger partial charge < -0.3 is 11.2 Å². The molecule has 0 bridgehead atoms. The fraction of sp³-hybridized carbons (Fsp3) is 0.706. The number of nitrogens with zero attached hydrogens (tertiary/aromatic N) is 3. The molecule has 1 unspecified atom stereocenters. The largest absolute Gasteiger partial charge is 0.355 e. The Morgan fingerprint density at radius 3 is 2.75 bits per heavy atom. The van der Waals surface area contributed by atoms with Crippen LogP contribution in [0.4, 0.5) is 0 Å². The molecule has 24 heavy (non-hydrogen) atoms. The molecule has 1 heterocycles. The number of thioether (sulfide) groups is 1. The number of amides is 1. The van der Waals surface area contributed by atoms with E-state index in [0.717, 1.165) is 6.42 Å². The lowest BCUT2D eigenvalue weighted by atomic mass is 9.96. The van der Waals surface area contributed by atoms with Crippen LogP contribution in [-0.2, 0) is 10.2 Å². The molecule has 1 atom stereocenters. The monoisotopic (exact) mass is 351 g/mol. The first-order valence-electron chi connectivity index (χ1n) is 8.62. The van der Waals surface area contributed by atoms with E-state index in [1.165, 1.54) is 47.7 Å². The lowest BCUT2D eigenvalue weighted by molar-refractivity contribution is -0.120. The number of nitrogens with one attached hydrogen (secondary N) is 1. The normalized spacial score (nSPS) is 16.6. The predicted molar refractivity (Wildman–Crippen MR) is 98.4 cm³/mol. The molecule has 2 rings (SSSR count). The molecule has 1 aromatic heterocycles. The smallest absolute Gasteiger partial charge is 0.233 e. The Morgan fingerprint density at radius 1 is 1.42 bits per heavy atom. The Hall–Kier alpha value is -1.50. The molecule has 1 aromatic rings. The van der Waals surface area contributed by atoms with E-state index in [-0.39, 0.29) is 16.6 Å². The van der Waals surface area contributed by atoms with Gasteiger partial charge in [0, 0.05) is 12.0 Å². The molecule has 1 amide bonds. The Balaban J connectivity index is 1.83. The molecule has 0 saturated heterocycles. The first-order chi connectivity index (χ1) is 11.3. The molecule has 134 valence electrons. The number of hydrogen-bond acceptors (Lipinski definition) is 5. The lowest BCUT2D eigenvalue weighted by Gasteiger charge is -2.17. The van der Waals surface area contributed by atoms with Gasteiger partial charge in [-0.3, -0.25) is 4.79 Å². The summed E-state index contributed by atoms with van der Waals surface area (Å²) in [4.78, 5) is 12.3. The van der Waals surface area contributed by atoms with Crippen molar-refractivity contribution in [3.63, 3.8) is 0 Å². The van der Waals surface area contributed by atoms with Crippen LogP contribution in [0.1, 0.15) is 65.6 Å². The highest BCUT2D eigenvalue weighted by Gasteiger charge is 2.25. The SMILES string of the molecule is CC(Sc1nnc(C(C)(C)C)n1N)C(=O)NCCC1=CCCCC1. The van der Waals surface area contributed by atoms with Crippen molar-refractivity contribution in [1.82, 2.24) is 20.2 Å². The second-order valence-electron chi connectivity index (χ2n) is 7.34. The summed E-state index contributed by atoms with van der Waals surface area (Å²) < 4.78 is 1.49. The van der Waals surface area contributed by atoms with Crippen molar-refractivity contribution in [2.24, 2.45) is 0 Å². The van der Waals surface area contributed by atoms with Crippen LogP contribution in [0.2, 0.25) is 0 Å². The van der Waals surface area contributed by atoms with Crippen LogP contribution < -0.4 is 11.2 Å². The van der Waals surface area contributed by atoms with E-state index in [1.807, 2.05) is 27.7 Å². The van der Waals surface area contributed by atoms with Gasteiger partial charge >= 0.3 is 0 Å². The third kappa shape index (κ3) is 5.00. The van der Waals surface area contributed by atoms with Gasteiger partial charge in [0.15, 0.2) is 5.82 Å². The Labute approximate surface area is 148 Å². The maximum Gasteiger partial charge on any atom is 0.233 e. The molecule has 0 saturated carbocycles. The number of allylic oxidation sites excluding steroid dienone is 1. The van der Waals surface area contributed by atoms with E-state index in [9.17, 15) is 4.79 Å². The van der Waals surface area contributed by atoms with Gasteiger partial charge in [0.1, 0.15) is 0 Å². The number of nitrogens with two attached hydrogens (primary N) is 1. The van der Waals surface area contributed by atoms with E-state index in [0.29, 0.717) is 17.5 Å². The summed E-state index contributed by atoms with van der Waals surface area (Å²) in [6.07, 6.45) is 8.18. The lowest BCUT2D eigenvalue weighted by Crippen LogP contribution is -2.32. The van der Waals surface area contributed by atoms with Crippen LogP contribution in [0.5, 0.6) is 0 Å². The minimum Gasteiger partial charge on any atom is -0.355 e. The van der Waals surface area contributed by atoms with Crippen LogP contribution in [0.25, 0.3) is 0 Å². The standard InChI is InChI=1S/C17H29N5OS/c1-12(14(23)19-11-10-13-8-6-5-7-9-13)24-16-21-20-15(22(16)18)17(2,3)4/h8,12H,5-7,9-11,18H2,1-4H3,(H,19,23). The molecule has 1 aliphatic rings. The highest BCUT2D eigenvalue weighted by Crippen LogP contribution is 2.26. The van der Waals surface area contributed by atoms with Gasteiger partial charge in [-0.2, -0.15) is 0 Å². The Kier molecular flexibility index (Phi) is 6.32. The van der Waals surface area contributed by atoms with Gasteiger partial charge in [-0.15, -0.1) is 10.2 Å². The molecule has 0 aliphatic heterocycles. The second-order valence-corrected chi connectivity index (χ2v) is 8.64. The first kappa shape index (κ1) is 18.8. The van der Waals surface area contributed by atoms with E-state index in [1.54, 1.807) is 0 Å². The zero-order valence-electron chi connectivity index (χ0n) is 15.1. The third-order valence-corrected chi connectivity index (χ3v) is 5.17. The molecule has 0 fully saturated rings. The molecule has 6 nitrogen and oxygen atoms in total. The minimum atomic E-state index is -0.260. The van der Waals surface area contributed by atoms with Crippen molar-refractivity contribution >= 4 is 17.7 Å². The predicted octanol–water partition coefficient (Wildman–Crippen LogP) is 2.78. The van der Waals surface area contributed by atoms with E-state index in [2.05, 4.69) is 21.6 Å². The van der Waals surface area contributed by atoms with E-state index < -0.39 is 0 Å². The maximum absolute atomic E-state index is 12.3. The van der Waals surface area contributed by atoms with Gasteiger partial charge in [0.2, 0.25) is 11.1 Å². The summed E-state index contributed by atoms with van der Waals surface area (Å²) in [5.41, 5.74) is 1.29. The summed E-state index contributed by atoms with van der Waals surface area (Å²) in [7, 11) is 0. The highest BCUT2D eigenvalue weighted by atomic mass is 32.2. The zero-order valence-corrected chi connectivity index (χ0v) is 15.9. The second kappa shape index (κ2) is 8.05. The van der Waals surface area contributed by atoms with Crippen LogP contribution in [-0.4, -0.2) is 32.6 Å². The molecule has 0 spiro atoms. The van der Waals surface area contributed by atoms with Crippen molar-refractivity contribution in [3.8, 4) is 0 Å². The van der Waals surface area contributed by atoms with Gasteiger partial charge in [-0.25, -0.2) is 4.68 Å². The minimum absolute atomic E-state index is 0.0109. The number of aromatic nitrogens is 3. The third-order valence-electron chi connectivity index (χ3n) is 4.12. The topological polar surface area (TPSA) is 85.8 Å². The molecular formula is C17H29N5OS. The summed E-state index contributed by atoms with van der Waals surface area (Å²) in [6.45, 7) is 8.66. The van der Waals surface area contributed by atoms with E-state index in [4.69, 9.17) is 5.84 Å². The van der Waals surface area contributed by atoms with Crippen molar-refractivity contribution in [3.05, 3.63) is 17.5 Å². The molecule has 3 N–H and O–H groups in total. The number of nitrogen functional groups attached to an aromatic ring is 1. The van der Waals surface area contributed by atoms with Crippen LogP contribution in [0.15, 0.2) is 16.8 Å². The number of carbonyl (C=O) groups is 1. The molecule has 7 heteroatoms. The molecule has 1 aliphatic carbocycles. The van der Waals surface area contributed by atoms with Crippen LogP contribution in [0.3, 0.4) is 0 Å². The van der Waals surface area contributed by atoms with Crippen molar-refractivity contribution in [2.45, 2.75) is 75.6 Å². The average molecular weight is 352 g/mol. The first-order valence-corrected chi connectivity index (χ1v) is 9.50. The highest BCUT2D eigenvalue weighted by molar-refractivity contribution is 8.00. The fourth-order valence-corrected chi connectivity index (χ4v) is 3.50. The van der Waals surface area contributed by atoms with Gasteiger partial charge in [-0.05, 0) is 39.0 Å². The number of rotatable bonds is 6. The van der Waals surface area contributed by atoms with Gasteiger partial charge in [-0.1, -0.05) is 44.2 Å². The Morgan fingerprint density at radius 2 is 2.17 bits per heavy atom. The van der Waals surface area contributed by atoms with E-state index >= 15 is 0 Å². The summed E-state index contributed by atoms with van der Waals surface area (Å²) >= 11 is 1.34. The zero-order chi connectivity index (χ0) is 17.7. The van der Waals surface area contributed by atoms with Crippen LogP contribution in [0, 0.1) is 0 Å². The average Bonchev–Trinajstić information content (AvgIpc) is 2.89. The molecule has 0 radical (unpaired) electrons. The van der Waals surface area contributed by atoms with Crippen molar-refractivity contribution < 1.29 is 4.79 Å². The summed E-state index contributed by atoms with van der Waals surface area (Å²) in [5, 5.41) is 11.6. The van der Waals surface area contributed by atoms with Crippen molar-refractivity contribution in [2.75, 3.05) is 12.4 Å². The quantitative estimate of drug-likeness (QED) is 0.467. The molecular weight excluding hydrogens is 322 g/mol.